The third kappa shape index (κ3) is 1.75. The second kappa shape index (κ2) is 3.93. The number of hydrogen-bond acceptors (Lipinski definition) is 4. The van der Waals surface area contributed by atoms with Crippen molar-refractivity contribution in [2.75, 3.05) is 0 Å². The summed E-state index contributed by atoms with van der Waals surface area (Å²) in [7, 11) is 0. The molecule has 3 aromatic rings. The van der Waals surface area contributed by atoms with Gasteiger partial charge in [-0.15, -0.1) is 0 Å². The van der Waals surface area contributed by atoms with Crippen LogP contribution in [0, 0.1) is 6.92 Å². The van der Waals surface area contributed by atoms with Crippen molar-refractivity contribution >= 4 is 11.2 Å². The summed E-state index contributed by atoms with van der Waals surface area (Å²) >= 11 is 0. The maximum absolute atomic E-state index is 4.46. The Hall–Kier alpha value is -2.30. The second-order valence-electron chi connectivity index (χ2n) is 3.79. The molecule has 0 aromatic carbocycles. The lowest BCUT2D eigenvalue weighted by Gasteiger charge is -2.04. The van der Waals surface area contributed by atoms with Gasteiger partial charge in [0.15, 0.2) is 5.65 Å². The van der Waals surface area contributed by atoms with E-state index >= 15 is 0 Å². The molecule has 0 saturated heterocycles. The van der Waals surface area contributed by atoms with Gasteiger partial charge in [0.05, 0.1) is 18.4 Å². The molecule has 0 amide bonds. The maximum atomic E-state index is 4.46. The van der Waals surface area contributed by atoms with Crippen molar-refractivity contribution in [3.63, 3.8) is 0 Å². The fourth-order valence-corrected chi connectivity index (χ4v) is 1.83. The van der Waals surface area contributed by atoms with Crippen LogP contribution in [-0.2, 0) is 6.54 Å². The maximum Gasteiger partial charge on any atom is 0.160 e. The molecule has 0 aliphatic heterocycles. The van der Waals surface area contributed by atoms with Gasteiger partial charge in [0.25, 0.3) is 0 Å². The van der Waals surface area contributed by atoms with E-state index in [1.165, 1.54) is 0 Å². The van der Waals surface area contributed by atoms with Crippen LogP contribution in [0.5, 0.6) is 0 Å². The number of rotatable bonds is 2. The van der Waals surface area contributed by atoms with Crippen LogP contribution in [0.25, 0.3) is 11.2 Å². The SMILES string of the molecule is Cc1nc2cccnc2n1Cc1cnccn1. The normalized spacial score (nSPS) is 10.9. The highest BCUT2D eigenvalue weighted by Gasteiger charge is 2.08. The van der Waals surface area contributed by atoms with Crippen LogP contribution in [-0.4, -0.2) is 24.5 Å². The summed E-state index contributed by atoms with van der Waals surface area (Å²) in [5.41, 5.74) is 2.70. The Bertz CT molecular complexity index is 644. The van der Waals surface area contributed by atoms with Crippen molar-refractivity contribution in [1.82, 2.24) is 24.5 Å². The van der Waals surface area contributed by atoms with Gasteiger partial charge in [-0.05, 0) is 19.1 Å². The first-order valence-electron chi connectivity index (χ1n) is 5.37. The van der Waals surface area contributed by atoms with E-state index < -0.39 is 0 Å². The number of aryl methyl sites for hydroxylation is 1. The van der Waals surface area contributed by atoms with Gasteiger partial charge in [0.2, 0.25) is 0 Å². The first-order chi connectivity index (χ1) is 8.34. The molecule has 17 heavy (non-hydrogen) atoms. The first kappa shape index (κ1) is 9.89. The monoisotopic (exact) mass is 225 g/mol. The van der Waals surface area contributed by atoms with E-state index in [2.05, 4.69) is 19.9 Å². The number of fused-ring (bicyclic) bond motifs is 1. The van der Waals surface area contributed by atoms with Crippen molar-refractivity contribution in [2.45, 2.75) is 13.5 Å². The van der Waals surface area contributed by atoms with Gasteiger partial charge >= 0.3 is 0 Å². The predicted molar refractivity (Wildman–Crippen MR) is 63.4 cm³/mol. The molecule has 3 rings (SSSR count). The lowest BCUT2D eigenvalue weighted by molar-refractivity contribution is 0.752. The molecule has 5 nitrogen and oxygen atoms in total. The summed E-state index contributed by atoms with van der Waals surface area (Å²) in [6, 6.07) is 3.85. The van der Waals surface area contributed by atoms with Gasteiger partial charge in [0, 0.05) is 18.6 Å². The topological polar surface area (TPSA) is 56.5 Å². The van der Waals surface area contributed by atoms with Crippen LogP contribution < -0.4 is 0 Å². The van der Waals surface area contributed by atoms with E-state index in [0.717, 1.165) is 22.7 Å². The Labute approximate surface area is 98.2 Å². The summed E-state index contributed by atoms with van der Waals surface area (Å²) in [6.07, 6.45) is 6.89. The van der Waals surface area contributed by atoms with Crippen LogP contribution in [0.2, 0.25) is 0 Å². The van der Waals surface area contributed by atoms with Gasteiger partial charge in [-0.25, -0.2) is 9.97 Å². The van der Waals surface area contributed by atoms with Gasteiger partial charge in [-0.3, -0.25) is 9.97 Å². The lowest BCUT2D eigenvalue weighted by atomic mass is 10.4. The van der Waals surface area contributed by atoms with E-state index in [1.54, 1.807) is 24.8 Å². The predicted octanol–water partition coefficient (Wildman–Crippen LogP) is 1.58. The molecule has 0 N–H and O–H groups in total. The second-order valence-corrected chi connectivity index (χ2v) is 3.79. The molecule has 0 spiro atoms. The molecule has 0 bridgehead atoms. The Balaban J connectivity index is 2.08. The van der Waals surface area contributed by atoms with Gasteiger partial charge in [-0.1, -0.05) is 0 Å². The van der Waals surface area contributed by atoms with Crippen LogP contribution >= 0.6 is 0 Å². The van der Waals surface area contributed by atoms with E-state index in [0.29, 0.717) is 6.54 Å². The third-order valence-electron chi connectivity index (χ3n) is 2.63. The lowest BCUT2D eigenvalue weighted by Crippen LogP contribution is -2.04. The Kier molecular flexibility index (Phi) is 2.29. The van der Waals surface area contributed by atoms with Crippen LogP contribution in [0.1, 0.15) is 11.5 Å². The van der Waals surface area contributed by atoms with Crippen molar-refractivity contribution in [3.05, 3.63) is 48.4 Å². The van der Waals surface area contributed by atoms with Crippen LogP contribution in [0.3, 0.4) is 0 Å². The van der Waals surface area contributed by atoms with E-state index in [1.807, 2.05) is 23.6 Å². The zero-order valence-corrected chi connectivity index (χ0v) is 9.41. The number of hydrogen-bond donors (Lipinski definition) is 0. The number of imidazole rings is 1. The Morgan fingerprint density at radius 1 is 1.18 bits per heavy atom. The molecular weight excluding hydrogens is 214 g/mol. The van der Waals surface area contributed by atoms with E-state index in [9.17, 15) is 0 Å². The quantitative estimate of drug-likeness (QED) is 0.664. The smallest absolute Gasteiger partial charge is 0.160 e. The van der Waals surface area contributed by atoms with Crippen molar-refractivity contribution in [2.24, 2.45) is 0 Å². The van der Waals surface area contributed by atoms with Gasteiger partial charge in [0.1, 0.15) is 11.3 Å². The van der Waals surface area contributed by atoms with Crippen LogP contribution in [0.15, 0.2) is 36.9 Å². The molecule has 0 aliphatic carbocycles. The minimum Gasteiger partial charge on any atom is -0.307 e. The summed E-state index contributed by atoms with van der Waals surface area (Å²) in [5.74, 6) is 0.935. The summed E-state index contributed by atoms with van der Waals surface area (Å²) in [6.45, 7) is 2.62. The zero-order chi connectivity index (χ0) is 11.7. The molecule has 0 unspecified atom stereocenters. The molecule has 5 heteroatoms. The highest BCUT2D eigenvalue weighted by molar-refractivity contribution is 5.71. The summed E-state index contributed by atoms with van der Waals surface area (Å²) in [4.78, 5) is 17.1. The Morgan fingerprint density at radius 3 is 2.94 bits per heavy atom. The summed E-state index contributed by atoms with van der Waals surface area (Å²) in [5, 5.41) is 0. The first-order valence-corrected chi connectivity index (χ1v) is 5.37. The molecule has 0 fully saturated rings. The number of nitrogens with zero attached hydrogens (tertiary/aromatic N) is 5. The van der Waals surface area contributed by atoms with Crippen molar-refractivity contribution < 1.29 is 0 Å². The zero-order valence-electron chi connectivity index (χ0n) is 9.41. The van der Waals surface area contributed by atoms with Crippen molar-refractivity contribution in [3.8, 4) is 0 Å². The van der Waals surface area contributed by atoms with Crippen molar-refractivity contribution in [1.29, 1.82) is 0 Å². The standard InChI is InChI=1S/C12H11N5/c1-9-16-11-3-2-4-15-12(11)17(9)8-10-7-13-5-6-14-10/h2-7H,8H2,1H3. The average molecular weight is 225 g/mol. The number of pyridine rings is 1. The fourth-order valence-electron chi connectivity index (χ4n) is 1.83. The molecule has 0 saturated carbocycles. The van der Waals surface area contributed by atoms with Gasteiger partial charge in [-0.2, -0.15) is 0 Å². The van der Waals surface area contributed by atoms with E-state index in [4.69, 9.17) is 0 Å². The minimum absolute atomic E-state index is 0.646. The molecule has 0 aliphatic rings. The molecule has 3 heterocycles. The highest BCUT2D eigenvalue weighted by atomic mass is 15.1. The summed E-state index contributed by atoms with van der Waals surface area (Å²) < 4.78 is 2.04. The molecule has 0 atom stereocenters. The molecule has 84 valence electrons. The minimum atomic E-state index is 0.646. The average Bonchev–Trinajstić information content (AvgIpc) is 2.68. The molecular formula is C12H11N5. The molecule has 0 radical (unpaired) electrons. The largest absolute Gasteiger partial charge is 0.307 e. The van der Waals surface area contributed by atoms with E-state index in [-0.39, 0.29) is 0 Å². The Morgan fingerprint density at radius 2 is 2.12 bits per heavy atom. The molecule has 3 aromatic heterocycles. The third-order valence-corrected chi connectivity index (χ3v) is 2.63. The highest BCUT2D eigenvalue weighted by Crippen LogP contribution is 2.13. The fraction of sp³-hybridized carbons (Fsp3) is 0.167. The van der Waals surface area contributed by atoms with Gasteiger partial charge < -0.3 is 4.57 Å². The number of aromatic nitrogens is 5. The van der Waals surface area contributed by atoms with Crippen LogP contribution in [0.4, 0.5) is 0 Å².